The van der Waals surface area contributed by atoms with Crippen LogP contribution in [0, 0.1) is 0 Å². The number of benzene rings is 2. The number of cyclic esters (lactones) is 1. The van der Waals surface area contributed by atoms with Crippen molar-refractivity contribution in [2.75, 3.05) is 19.0 Å². The minimum atomic E-state index is -0.133. The van der Waals surface area contributed by atoms with Gasteiger partial charge in [-0.3, -0.25) is 4.79 Å². The maximum atomic E-state index is 12.0. The maximum absolute atomic E-state index is 12.0. The number of esters is 1. The van der Waals surface area contributed by atoms with Gasteiger partial charge in [0.15, 0.2) is 0 Å². The van der Waals surface area contributed by atoms with E-state index in [0.29, 0.717) is 0 Å². The second-order valence-electron chi connectivity index (χ2n) is 5.65. The monoisotopic (exact) mass is 269 g/mol. The summed E-state index contributed by atoms with van der Waals surface area (Å²) in [6, 6.07) is 12.4. The van der Waals surface area contributed by atoms with Crippen molar-refractivity contribution in [2.45, 2.75) is 25.4 Å². The predicted molar refractivity (Wildman–Crippen MR) is 81.2 cm³/mol. The summed E-state index contributed by atoms with van der Waals surface area (Å²) in [5.74, 6) is -0.230. The molecule has 0 spiro atoms. The molecule has 3 nitrogen and oxygen atoms in total. The fourth-order valence-electron chi connectivity index (χ4n) is 3.01. The summed E-state index contributed by atoms with van der Waals surface area (Å²) in [6.07, 6.45) is 0.782. The van der Waals surface area contributed by atoms with E-state index < -0.39 is 0 Å². The van der Waals surface area contributed by atoms with Crippen LogP contribution >= 0.6 is 0 Å². The third-order valence-corrected chi connectivity index (χ3v) is 3.96. The van der Waals surface area contributed by atoms with Gasteiger partial charge < -0.3 is 9.64 Å². The van der Waals surface area contributed by atoms with Gasteiger partial charge in [0.25, 0.3) is 0 Å². The lowest BCUT2D eigenvalue weighted by atomic mass is 9.90. The second kappa shape index (κ2) is 4.82. The van der Waals surface area contributed by atoms with E-state index in [1.165, 1.54) is 11.1 Å². The summed E-state index contributed by atoms with van der Waals surface area (Å²) < 4.78 is 5.31. The quantitative estimate of drug-likeness (QED) is 0.783. The van der Waals surface area contributed by atoms with Crippen LogP contribution < -0.4 is 4.90 Å². The standard InChI is InChI=1S/C17H19NO2/c1-11-10-15(17(19)20-11)13-8-9-16(18(2)3)14-7-5-4-6-12(13)14/h4-9,11,15H,10H2,1-3H3/t11-,15+/m0/s1. The molecule has 1 aliphatic heterocycles. The maximum Gasteiger partial charge on any atom is 0.313 e. The Morgan fingerprint density at radius 3 is 2.40 bits per heavy atom. The van der Waals surface area contributed by atoms with E-state index >= 15 is 0 Å². The minimum Gasteiger partial charge on any atom is -0.462 e. The van der Waals surface area contributed by atoms with Crippen molar-refractivity contribution >= 4 is 22.4 Å². The Labute approximate surface area is 119 Å². The summed E-state index contributed by atoms with van der Waals surface area (Å²) >= 11 is 0. The SMILES string of the molecule is C[C@H]1C[C@H](c2ccc(N(C)C)c3ccccc23)C(=O)O1. The van der Waals surface area contributed by atoms with E-state index in [1.54, 1.807) is 0 Å². The third kappa shape index (κ3) is 2.03. The molecule has 0 N–H and O–H groups in total. The Morgan fingerprint density at radius 2 is 1.80 bits per heavy atom. The summed E-state index contributed by atoms with van der Waals surface area (Å²) in [7, 11) is 4.07. The van der Waals surface area contributed by atoms with Gasteiger partial charge in [-0.1, -0.05) is 30.3 Å². The zero-order chi connectivity index (χ0) is 14.3. The van der Waals surface area contributed by atoms with E-state index in [9.17, 15) is 4.79 Å². The molecule has 0 unspecified atom stereocenters. The first kappa shape index (κ1) is 13.0. The number of rotatable bonds is 2. The lowest BCUT2D eigenvalue weighted by Crippen LogP contribution is -2.11. The Kier molecular flexibility index (Phi) is 3.13. The predicted octanol–water partition coefficient (Wildman–Crippen LogP) is 3.32. The highest BCUT2D eigenvalue weighted by atomic mass is 16.5. The van der Waals surface area contributed by atoms with Gasteiger partial charge in [0.2, 0.25) is 0 Å². The second-order valence-corrected chi connectivity index (χ2v) is 5.65. The Balaban J connectivity index is 2.18. The highest BCUT2D eigenvalue weighted by molar-refractivity contribution is 5.99. The van der Waals surface area contributed by atoms with E-state index in [1.807, 2.05) is 33.2 Å². The van der Waals surface area contributed by atoms with Crippen LogP contribution in [0.1, 0.15) is 24.8 Å². The van der Waals surface area contributed by atoms with Gasteiger partial charge in [-0.25, -0.2) is 0 Å². The zero-order valence-corrected chi connectivity index (χ0v) is 12.1. The molecule has 3 heteroatoms. The summed E-state index contributed by atoms with van der Waals surface area (Å²) in [5, 5.41) is 2.33. The number of hydrogen-bond donors (Lipinski definition) is 0. The van der Waals surface area contributed by atoms with E-state index in [4.69, 9.17) is 4.74 Å². The Morgan fingerprint density at radius 1 is 1.10 bits per heavy atom. The van der Waals surface area contributed by atoms with Crippen LogP contribution in [0.5, 0.6) is 0 Å². The van der Waals surface area contributed by atoms with Gasteiger partial charge >= 0.3 is 5.97 Å². The molecule has 104 valence electrons. The molecule has 0 amide bonds. The van der Waals surface area contributed by atoms with Gasteiger partial charge in [-0.15, -0.1) is 0 Å². The van der Waals surface area contributed by atoms with Crippen molar-refractivity contribution in [3.05, 3.63) is 42.0 Å². The van der Waals surface area contributed by atoms with Crippen LogP contribution in [0.15, 0.2) is 36.4 Å². The topological polar surface area (TPSA) is 29.5 Å². The average Bonchev–Trinajstić information content (AvgIpc) is 2.76. The van der Waals surface area contributed by atoms with Gasteiger partial charge in [-0.05, 0) is 23.9 Å². The Hall–Kier alpha value is -2.03. The Bertz CT molecular complexity index is 663. The molecule has 0 radical (unpaired) electrons. The number of hydrogen-bond acceptors (Lipinski definition) is 3. The zero-order valence-electron chi connectivity index (χ0n) is 12.1. The van der Waals surface area contributed by atoms with Gasteiger partial charge in [0.1, 0.15) is 6.10 Å². The van der Waals surface area contributed by atoms with Crippen LogP contribution in [0.2, 0.25) is 0 Å². The van der Waals surface area contributed by atoms with Crippen LogP contribution in [0.4, 0.5) is 5.69 Å². The minimum absolute atomic E-state index is 0.0137. The summed E-state index contributed by atoms with van der Waals surface area (Å²) in [5.41, 5.74) is 2.25. The average molecular weight is 269 g/mol. The van der Waals surface area contributed by atoms with Crippen molar-refractivity contribution in [1.29, 1.82) is 0 Å². The molecule has 1 saturated heterocycles. The van der Waals surface area contributed by atoms with E-state index in [0.717, 1.165) is 17.4 Å². The molecule has 2 aromatic rings. The number of anilines is 1. The molecule has 0 bridgehead atoms. The lowest BCUT2D eigenvalue weighted by Gasteiger charge is -2.18. The van der Waals surface area contributed by atoms with Crippen LogP contribution in [-0.4, -0.2) is 26.2 Å². The smallest absolute Gasteiger partial charge is 0.313 e. The van der Waals surface area contributed by atoms with Gasteiger partial charge in [0.05, 0.1) is 5.92 Å². The molecule has 1 heterocycles. The van der Waals surface area contributed by atoms with Crippen LogP contribution in [0.25, 0.3) is 10.8 Å². The fraction of sp³-hybridized carbons (Fsp3) is 0.353. The first-order valence-electron chi connectivity index (χ1n) is 6.97. The van der Waals surface area contributed by atoms with Crippen molar-refractivity contribution in [3.63, 3.8) is 0 Å². The third-order valence-electron chi connectivity index (χ3n) is 3.96. The molecular formula is C17H19NO2. The van der Waals surface area contributed by atoms with Crippen LogP contribution in [-0.2, 0) is 9.53 Å². The van der Waals surface area contributed by atoms with Crippen molar-refractivity contribution in [2.24, 2.45) is 0 Å². The number of nitrogens with zero attached hydrogens (tertiary/aromatic N) is 1. The molecule has 0 aliphatic carbocycles. The molecule has 1 fully saturated rings. The molecule has 2 atom stereocenters. The summed E-state index contributed by atoms with van der Waals surface area (Å²) in [6.45, 7) is 1.95. The molecule has 0 saturated carbocycles. The first-order chi connectivity index (χ1) is 9.58. The number of ether oxygens (including phenoxy) is 1. The molecule has 20 heavy (non-hydrogen) atoms. The summed E-state index contributed by atoms with van der Waals surface area (Å²) in [4.78, 5) is 14.1. The van der Waals surface area contributed by atoms with E-state index in [-0.39, 0.29) is 18.0 Å². The first-order valence-corrected chi connectivity index (χ1v) is 6.97. The number of carbonyl (C=O) groups is 1. The lowest BCUT2D eigenvalue weighted by molar-refractivity contribution is -0.141. The van der Waals surface area contributed by atoms with Crippen molar-refractivity contribution < 1.29 is 9.53 Å². The molecule has 3 rings (SSSR count). The van der Waals surface area contributed by atoms with Crippen molar-refractivity contribution in [1.82, 2.24) is 0 Å². The molecule has 2 aromatic carbocycles. The van der Waals surface area contributed by atoms with Crippen molar-refractivity contribution in [3.8, 4) is 0 Å². The normalized spacial score (nSPS) is 22.1. The molecule has 1 aliphatic rings. The highest BCUT2D eigenvalue weighted by Crippen LogP contribution is 2.37. The fourth-order valence-corrected chi connectivity index (χ4v) is 3.01. The van der Waals surface area contributed by atoms with Gasteiger partial charge in [-0.2, -0.15) is 0 Å². The largest absolute Gasteiger partial charge is 0.462 e. The van der Waals surface area contributed by atoms with Crippen LogP contribution in [0.3, 0.4) is 0 Å². The number of carbonyl (C=O) groups excluding carboxylic acids is 1. The highest BCUT2D eigenvalue weighted by Gasteiger charge is 2.34. The molecule has 0 aromatic heterocycles. The molecular weight excluding hydrogens is 250 g/mol. The number of fused-ring (bicyclic) bond motifs is 1. The van der Waals surface area contributed by atoms with E-state index in [2.05, 4.69) is 29.2 Å². The van der Waals surface area contributed by atoms with Gasteiger partial charge in [0, 0.05) is 31.6 Å².